The van der Waals surface area contributed by atoms with Gasteiger partial charge in [0.1, 0.15) is 0 Å². The Morgan fingerprint density at radius 2 is 2.00 bits per heavy atom. The summed E-state index contributed by atoms with van der Waals surface area (Å²) in [5.74, 6) is 0. The molecule has 0 saturated heterocycles. The SMILES string of the molecule is C=CCNC1CCCCC1(C[SiH3])NCC=C. The van der Waals surface area contributed by atoms with Crippen LogP contribution in [0.15, 0.2) is 25.3 Å². The number of hydrogen-bond acceptors (Lipinski definition) is 2. The van der Waals surface area contributed by atoms with Crippen LogP contribution in [0, 0.1) is 0 Å². The van der Waals surface area contributed by atoms with E-state index in [0.717, 1.165) is 13.1 Å². The molecule has 2 N–H and O–H groups in total. The van der Waals surface area contributed by atoms with Crippen LogP contribution in [-0.2, 0) is 0 Å². The molecule has 1 aliphatic carbocycles. The highest BCUT2D eigenvalue weighted by atomic mass is 28.1. The Kier molecular flexibility index (Phi) is 6.02. The predicted octanol–water partition coefficient (Wildman–Crippen LogP) is 1.00. The second kappa shape index (κ2) is 7.04. The van der Waals surface area contributed by atoms with Gasteiger partial charge in [-0.15, -0.1) is 13.2 Å². The van der Waals surface area contributed by atoms with Gasteiger partial charge >= 0.3 is 0 Å². The van der Waals surface area contributed by atoms with E-state index < -0.39 is 0 Å². The zero-order valence-corrected chi connectivity index (χ0v) is 12.6. The molecule has 0 aromatic carbocycles. The molecule has 2 atom stereocenters. The van der Waals surface area contributed by atoms with Gasteiger partial charge in [0, 0.05) is 34.9 Å². The molecule has 0 spiro atoms. The molecule has 0 bridgehead atoms. The Balaban J connectivity index is 2.65. The largest absolute Gasteiger partial charge is 0.309 e. The molecule has 1 saturated carbocycles. The van der Waals surface area contributed by atoms with Crippen molar-refractivity contribution in [3.05, 3.63) is 25.3 Å². The van der Waals surface area contributed by atoms with Gasteiger partial charge in [-0.1, -0.05) is 25.0 Å². The van der Waals surface area contributed by atoms with Crippen molar-refractivity contribution in [3.63, 3.8) is 0 Å². The summed E-state index contributed by atoms with van der Waals surface area (Å²) in [5, 5.41) is 7.34. The normalized spacial score (nSPS) is 30.1. The molecule has 0 heterocycles. The third kappa shape index (κ3) is 3.30. The van der Waals surface area contributed by atoms with E-state index in [-0.39, 0.29) is 0 Å². The van der Waals surface area contributed by atoms with Crippen molar-refractivity contribution < 1.29 is 0 Å². The van der Waals surface area contributed by atoms with Gasteiger partial charge in [0.2, 0.25) is 0 Å². The maximum atomic E-state index is 3.81. The minimum atomic E-state index is 0.321. The van der Waals surface area contributed by atoms with Crippen LogP contribution in [-0.4, -0.2) is 34.9 Å². The number of rotatable bonds is 7. The highest BCUT2D eigenvalue weighted by Gasteiger charge is 2.37. The summed E-state index contributed by atoms with van der Waals surface area (Å²) in [6.45, 7) is 9.45. The smallest absolute Gasteiger partial charge is 0.0306 e. The molecule has 16 heavy (non-hydrogen) atoms. The van der Waals surface area contributed by atoms with Crippen molar-refractivity contribution in [3.8, 4) is 0 Å². The van der Waals surface area contributed by atoms with Gasteiger partial charge in [-0.25, -0.2) is 0 Å². The minimum absolute atomic E-state index is 0.321. The van der Waals surface area contributed by atoms with E-state index in [0.29, 0.717) is 11.6 Å². The van der Waals surface area contributed by atoms with Crippen LogP contribution in [0.3, 0.4) is 0 Å². The second-order valence-electron chi connectivity index (χ2n) is 4.67. The van der Waals surface area contributed by atoms with Crippen molar-refractivity contribution in [2.24, 2.45) is 0 Å². The number of nitrogens with one attached hydrogen (secondary N) is 2. The van der Waals surface area contributed by atoms with Crippen LogP contribution < -0.4 is 10.6 Å². The van der Waals surface area contributed by atoms with Gasteiger partial charge in [-0.3, -0.25) is 0 Å². The van der Waals surface area contributed by atoms with Crippen LogP contribution in [0.25, 0.3) is 0 Å². The lowest BCUT2D eigenvalue weighted by atomic mass is 9.78. The molecule has 92 valence electrons. The summed E-state index contributed by atoms with van der Waals surface area (Å²) >= 11 is 0. The first kappa shape index (κ1) is 13.7. The van der Waals surface area contributed by atoms with Crippen molar-refractivity contribution in [2.45, 2.75) is 43.3 Å². The van der Waals surface area contributed by atoms with Crippen molar-refractivity contribution >= 4 is 10.2 Å². The fraction of sp³-hybridized carbons (Fsp3) is 0.692. The third-order valence-corrected chi connectivity index (χ3v) is 5.03. The zero-order valence-electron chi connectivity index (χ0n) is 10.6. The summed E-state index contributed by atoms with van der Waals surface area (Å²) in [6, 6.07) is 1.92. The Bertz CT molecular complexity index is 230. The highest BCUT2D eigenvalue weighted by molar-refractivity contribution is 6.09. The molecule has 0 radical (unpaired) electrons. The zero-order chi connectivity index (χ0) is 11.9. The fourth-order valence-corrected chi connectivity index (χ4v) is 3.89. The molecule has 1 aliphatic rings. The van der Waals surface area contributed by atoms with Gasteiger partial charge in [0.15, 0.2) is 0 Å². The summed E-state index contributed by atoms with van der Waals surface area (Å²) in [5.41, 5.74) is 0.321. The first-order valence-electron chi connectivity index (χ1n) is 6.49. The molecule has 0 amide bonds. The predicted molar refractivity (Wildman–Crippen MR) is 76.1 cm³/mol. The van der Waals surface area contributed by atoms with Gasteiger partial charge < -0.3 is 10.6 Å². The molecule has 0 aromatic heterocycles. The van der Waals surface area contributed by atoms with E-state index in [1.807, 2.05) is 12.2 Å². The molecule has 0 aliphatic heterocycles. The minimum Gasteiger partial charge on any atom is -0.309 e. The second-order valence-corrected chi connectivity index (χ2v) is 5.38. The van der Waals surface area contributed by atoms with Crippen molar-refractivity contribution in [2.75, 3.05) is 13.1 Å². The van der Waals surface area contributed by atoms with Crippen LogP contribution in [0.5, 0.6) is 0 Å². The van der Waals surface area contributed by atoms with Crippen molar-refractivity contribution in [1.82, 2.24) is 10.6 Å². The van der Waals surface area contributed by atoms with Crippen LogP contribution >= 0.6 is 0 Å². The molecule has 0 aromatic rings. The standard InChI is InChI=1S/C13H26N2Si/c1-3-9-14-12-7-5-6-8-13(12,11-16)15-10-4-2/h3-4,12,14-15H,1-2,5-11H2,16H3. The Morgan fingerprint density at radius 1 is 1.25 bits per heavy atom. The van der Waals surface area contributed by atoms with Crippen LogP contribution in [0.2, 0.25) is 6.04 Å². The van der Waals surface area contributed by atoms with E-state index in [1.165, 1.54) is 42.0 Å². The van der Waals surface area contributed by atoms with Crippen molar-refractivity contribution in [1.29, 1.82) is 0 Å². The van der Waals surface area contributed by atoms with Gasteiger partial charge in [0.25, 0.3) is 0 Å². The molecule has 1 rings (SSSR count). The van der Waals surface area contributed by atoms with Gasteiger partial charge in [0.05, 0.1) is 0 Å². The van der Waals surface area contributed by atoms with Crippen LogP contribution in [0.1, 0.15) is 25.7 Å². The molecular weight excluding hydrogens is 212 g/mol. The van der Waals surface area contributed by atoms with E-state index in [1.54, 1.807) is 0 Å². The molecule has 2 nitrogen and oxygen atoms in total. The summed E-state index contributed by atoms with van der Waals surface area (Å²) in [6.07, 6.45) is 9.24. The third-order valence-electron chi connectivity index (χ3n) is 3.77. The molecule has 1 fully saturated rings. The summed E-state index contributed by atoms with van der Waals surface area (Å²) in [7, 11) is 1.25. The van der Waals surface area contributed by atoms with Gasteiger partial charge in [-0.05, 0) is 18.9 Å². The van der Waals surface area contributed by atoms with E-state index >= 15 is 0 Å². The van der Waals surface area contributed by atoms with Gasteiger partial charge in [-0.2, -0.15) is 0 Å². The summed E-state index contributed by atoms with van der Waals surface area (Å²) < 4.78 is 0. The Labute approximate surface area is 103 Å². The van der Waals surface area contributed by atoms with E-state index in [4.69, 9.17) is 0 Å². The lowest BCUT2D eigenvalue weighted by Crippen LogP contribution is -2.61. The van der Waals surface area contributed by atoms with E-state index in [9.17, 15) is 0 Å². The molecule has 2 unspecified atom stereocenters. The first-order valence-corrected chi connectivity index (χ1v) is 7.90. The topological polar surface area (TPSA) is 24.1 Å². The Morgan fingerprint density at radius 3 is 2.62 bits per heavy atom. The maximum Gasteiger partial charge on any atom is 0.0306 e. The number of hydrogen-bond donors (Lipinski definition) is 2. The first-order chi connectivity index (χ1) is 7.79. The lowest BCUT2D eigenvalue weighted by molar-refractivity contribution is 0.196. The average Bonchev–Trinajstić information content (AvgIpc) is 2.34. The maximum absolute atomic E-state index is 3.81. The molecular formula is C13H26N2Si. The Hall–Kier alpha value is -0.383. The monoisotopic (exact) mass is 238 g/mol. The molecule has 3 heteroatoms. The summed E-state index contributed by atoms with van der Waals surface area (Å²) in [4.78, 5) is 0. The fourth-order valence-electron chi connectivity index (χ4n) is 2.80. The lowest BCUT2D eigenvalue weighted by Gasteiger charge is -2.45. The quantitative estimate of drug-likeness (QED) is 0.511. The highest BCUT2D eigenvalue weighted by Crippen LogP contribution is 2.31. The van der Waals surface area contributed by atoms with Crippen LogP contribution in [0.4, 0.5) is 0 Å². The average molecular weight is 238 g/mol. The van der Waals surface area contributed by atoms with E-state index in [2.05, 4.69) is 23.8 Å².